The minimum atomic E-state index is 0.807. The van der Waals surface area contributed by atoms with Crippen molar-refractivity contribution >= 4 is 0 Å². The van der Waals surface area contributed by atoms with E-state index < -0.39 is 0 Å². The summed E-state index contributed by atoms with van der Waals surface area (Å²) in [6.45, 7) is 4.98. The minimum absolute atomic E-state index is 0.807. The highest BCUT2D eigenvalue weighted by molar-refractivity contribution is 4.91. The first kappa shape index (κ1) is 12.4. The maximum atomic E-state index is 3.25. The molecule has 3 unspecified atom stereocenters. The highest BCUT2D eigenvalue weighted by atomic mass is 15.2. The third kappa shape index (κ3) is 2.78. The van der Waals surface area contributed by atoms with Crippen molar-refractivity contribution in [2.75, 3.05) is 20.1 Å². The summed E-state index contributed by atoms with van der Waals surface area (Å²) in [6.07, 6.45) is 10.1. The molecule has 0 aromatic carbocycles. The van der Waals surface area contributed by atoms with Crippen LogP contribution in [0.3, 0.4) is 0 Å². The van der Waals surface area contributed by atoms with Crippen LogP contribution in [-0.2, 0) is 0 Å². The van der Waals surface area contributed by atoms with Crippen molar-refractivity contribution in [3.8, 4) is 0 Å². The van der Waals surface area contributed by atoms with Crippen LogP contribution >= 0.6 is 0 Å². The SMILES string of the molecule is CNCCCC(C)N1CCC2CCCCC21. The average molecular weight is 224 g/mol. The van der Waals surface area contributed by atoms with E-state index in [1.807, 2.05) is 0 Å². The number of likely N-dealkylation sites (tertiary alicyclic amines) is 1. The van der Waals surface area contributed by atoms with Crippen LogP contribution in [0.25, 0.3) is 0 Å². The molecule has 0 spiro atoms. The fourth-order valence-electron chi connectivity index (χ4n) is 3.73. The molecule has 1 saturated heterocycles. The van der Waals surface area contributed by atoms with Gasteiger partial charge in [-0.1, -0.05) is 12.8 Å². The highest BCUT2D eigenvalue weighted by Crippen LogP contribution is 2.37. The zero-order valence-electron chi connectivity index (χ0n) is 11.0. The van der Waals surface area contributed by atoms with Crippen LogP contribution < -0.4 is 5.32 Å². The second-order valence-electron chi connectivity index (χ2n) is 5.73. The Morgan fingerprint density at radius 2 is 2.06 bits per heavy atom. The molecule has 2 nitrogen and oxygen atoms in total. The van der Waals surface area contributed by atoms with E-state index >= 15 is 0 Å². The zero-order valence-corrected chi connectivity index (χ0v) is 11.0. The third-order valence-electron chi connectivity index (χ3n) is 4.67. The molecule has 0 amide bonds. The molecule has 2 rings (SSSR count). The molecular weight excluding hydrogens is 196 g/mol. The lowest BCUT2D eigenvalue weighted by atomic mass is 9.85. The quantitative estimate of drug-likeness (QED) is 0.722. The van der Waals surface area contributed by atoms with Gasteiger partial charge >= 0.3 is 0 Å². The molecule has 2 fully saturated rings. The van der Waals surface area contributed by atoms with Crippen LogP contribution in [0.4, 0.5) is 0 Å². The van der Waals surface area contributed by atoms with Gasteiger partial charge in [0.2, 0.25) is 0 Å². The topological polar surface area (TPSA) is 15.3 Å². The van der Waals surface area contributed by atoms with Gasteiger partial charge in [-0.25, -0.2) is 0 Å². The second kappa shape index (κ2) is 6.02. The molecule has 0 bridgehead atoms. The van der Waals surface area contributed by atoms with Gasteiger partial charge in [0.25, 0.3) is 0 Å². The van der Waals surface area contributed by atoms with Crippen LogP contribution in [-0.4, -0.2) is 37.1 Å². The Morgan fingerprint density at radius 3 is 2.88 bits per heavy atom. The standard InChI is InChI=1S/C14H28N2/c1-12(6-5-10-15-2)16-11-9-13-7-3-4-8-14(13)16/h12-15H,3-11H2,1-2H3. The van der Waals surface area contributed by atoms with Crippen LogP contribution in [0.2, 0.25) is 0 Å². The van der Waals surface area contributed by atoms with Crippen molar-refractivity contribution in [1.29, 1.82) is 0 Å². The molecule has 1 N–H and O–H groups in total. The molecule has 2 aliphatic rings. The molecular formula is C14H28N2. The number of fused-ring (bicyclic) bond motifs is 1. The molecule has 0 aromatic heterocycles. The molecule has 1 aliphatic carbocycles. The molecule has 2 heteroatoms. The Labute approximate surface area is 101 Å². The Morgan fingerprint density at radius 1 is 1.25 bits per heavy atom. The Kier molecular flexibility index (Phi) is 4.66. The zero-order chi connectivity index (χ0) is 11.4. The summed E-state index contributed by atoms with van der Waals surface area (Å²) in [4.78, 5) is 2.82. The van der Waals surface area contributed by atoms with Crippen LogP contribution in [0, 0.1) is 5.92 Å². The van der Waals surface area contributed by atoms with Gasteiger partial charge in [0, 0.05) is 12.1 Å². The van der Waals surface area contributed by atoms with E-state index in [0.29, 0.717) is 0 Å². The van der Waals surface area contributed by atoms with E-state index in [2.05, 4.69) is 24.2 Å². The summed E-state index contributed by atoms with van der Waals surface area (Å²) >= 11 is 0. The van der Waals surface area contributed by atoms with Crippen molar-refractivity contribution < 1.29 is 0 Å². The van der Waals surface area contributed by atoms with E-state index in [9.17, 15) is 0 Å². The van der Waals surface area contributed by atoms with Gasteiger partial charge < -0.3 is 5.32 Å². The summed E-state index contributed by atoms with van der Waals surface area (Å²) in [5.74, 6) is 1.04. The van der Waals surface area contributed by atoms with Crippen molar-refractivity contribution in [1.82, 2.24) is 10.2 Å². The highest BCUT2D eigenvalue weighted by Gasteiger charge is 2.37. The summed E-state index contributed by atoms with van der Waals surface area (Å²) in [5, 5.41) is 3.25. The van der Waals surface area contributed by atoms with Gasteiger partial charge in [-0.05, 0) is 65.1 Å². The molecule has 16 heavy (non-hydrogen) atoms. The third-order valence-corrected chi connectivity index (χ3v) is 4.67. The maximum absolute atomic E-state index is 3.25. The van der Waals surface area contributed by atoms with E-state index in [1.54, 1.807) is 0 Å². The first-order valence-corrected chi connectivity index (χ1v) is 7.23. The lowest BCUT2D eigenvalue weighted by Crippen LogP contribution is -2.40. The van der Waals surface area contributed by atoms with Gasteiger partial charge in [-0.15, -0.1) is 0 Å². The number of hydrogen-bond donors (Lipinski definition) is 1. The van der Waals surface area contributed by atoms with Crippen molar-refractivity contribution in [2.24, 2.45) is 5.92 Å². The lowest BCUT2D eigenvalue weighted by Gasteiger charge is -2.35. The normalized spacial score (nSPS) is 32.6. The van der Waals surface area contributed by atoms with Gasteiger partial charge in [-0.2, -0.15) is 0 Å². The van der Waals surface area contributed by atoms with E-state index in [1.165, 1.54) is 58.0 Å². The summed E-state index contributed by atoms with van der Waals surface area (Å²) in [5.41, 5.74) is 0. The van der Waals surface area contributed by atoms with Crippen molar-refractivity contribution in [2.45, 2.75) is 64.0 Å². The summed E-state index contributed by atoms with van der Waals surface area (Å²) < 4.78 is 0. The fraction of sp³-hybridized carbons (Fsp3) is 1.00. The smallest absolute Gasteiger partial charge is 0.0127 e. The molecule has 0 aromatic rings. The Balaban J connectivity index is 1.79. The largest absolute Gasteiger partial charge is 0.320 e. The van der Waals surface area contributed by atoms with Crippen molar-refractivity contribution in [3.63, 3.8) is 0 Å². The lowest BCUT2D eigenvalue weighted by molar-refractivity contribution is 0.134. The molecule has 1 saturated carbocycles. The van der Waals surface area contributed by atoms with Crippen LogP contribution in [0.15, 0.2) is 0 Å². The number of rotatable bonds is 5. The van der Waals surface area contributed by atoms with Crippen LogP contribution in [0.1, 0.15) is 51.9 Å². The molecule has 0 radical (unpaired) electrons. The molecule has 94 valence electrons. The number of nitrogens with zero attached hydrogens (tertiary/aromatic N) is 1. The number of nitrogens with one attached hydrogen (secondary N) is 1. The summed E-state index contributed by atoms with van der Waals surface area (Å²) in [6, 6.07) is 1.75. The fourth-order valence-corrected chi connectivity index (χ4v) is 3.73. The van der Waals surface area contributed by atoms with Gasteiger partial charge in [0.15, 0.2) is 0 Å². The van der Waals surface area contributed by atoms with Crippen LogP contribution in [0.5, 0.6) is 0 Å². The van der Waals surface area contributed by atoms with Gasteiger partial charge in [0.1, 0.15) is 0 Å². The second-order valence-corrected chi connectivity index (χ2v) is 5.73. The first-order chi connectivity index (χ1) is 7.83. The first-order valence-electron chi connectivity index (χ1n) is 7.23. The van der Waals surface area contributed by atoms with Crippen molar-refractivity contribution in [3.05, 3.63) is 0 Å². The average Bonchev–Trinajstić information content (AvgIpc) is 2.73. The maximum Gasteiger partial charge on any atom is 0.0127 e. The Bertz CT molecular complexity index is 205. The molecule has 1 aliphatic heterocycles. The molecule has 3 atom stereocenters. The predicted molar refractivity (Wildman–Crippen MR) is 69.7 cm³/mol. The minimum Gasteiger partial charge on any atom is -0.320 e. The monoisotopic (exact) mass is 224 g/mol. The van der Waals surface area contributed by atoms with E-state index in [-0.39, 0.29) is 0 Å². The Hall–Kier alpha value is -0.0800. The van der Waals surface area contributed by atoms with Gasteiger partial charge in [0.05, 0.1) is 0 Å². The van der Waals surface area contributed by atoms with Gasteiger partial charge in [-0.3, -0.25) is 4.90 Å². The van der Waals surface area contributed by atoms with E-state index in [4.69, 9.17) is 0 Å². The summed E-state index contributed by atoms with van der Waals surface area (Å²) in [7, 11) is 2.05. The predicted octanol–water partition coefficient (Wildman–Crippen LogP) is 2.64. The molecule has 1 heterocycles. The van der Waals surface area contributed by atoms with E-state index in [0.717, 1.165) is 18.0 Å². The number of hydrogen-bond acceptors (Lipinski definition) is 2.